The summed E-state index contributed by atoms with van der Waals surface area (Å²) in [5.74, 6) is -4.11. The highest BCUT2D eigenvalue weighted by molar-refractivity contribution is 7.53. The van der Waals surface area contributed by atoms with Crippen LogP contribution in [0.3, 0.4) is 0 Å². The number of hydrogen-bond donors (Lipinski definition) is 21. The van der Waals surface area contributed by atoms with Crippen molar-refractivity contribution in [3.63, 3.8) is 0 Å². The number of benzene rings is 1. The number of aliphatic hydroxyl groups excluding tert-OH is 13. The number of amides is 7. The van der Waals surface area contributed by atoms with E-state index in [0.717, 1.165) is 0 Å². The SMILES string of the molecule is CC(C)P(=O)(O)OCC(CO)CCCCNC(=O)[C@H](Cc1ccccc1)NC(=O)[C@H](CCCCNC(=O)CCCCO[C@H]1OC(CO)[C@@H](O)C(O)C1O)NC(=O)[C@H](CCCCNC(=O)CCCCO[C@H]1OC(CO)[C@@H](O)C(O)C1O)NC(=O)CCCNC(=O)CCCCO[C@H]1OC(CO)[C@@H](O)C(O)C1O. The number of ether oxygens (including phenoxy) is 6. The molecule has 0 aromatic heterocycles. The summed E-state index contributed by atoms with van der Waals surface area (Å²) in [6.07, 6.45) is -17.1. The van der Waals surface area contributed by atoms with Crippen molar-refractivity contribution >= 4 is 48.9 Å². The van der Waals surface area contributed by atoms with E-state index < -0.39 is 173 Å². The standard InChI is InChI=1S/C68H118N7O29P/c1-41(2)105(96,97)101-40-43(36-76)21-6-12-30-72-63(93)46(35-42-19-4-3-5-20-42)75-65(95)45(23-8-14-29-70-51(81)25-10-16-33-99-67-61(91)58(88)55(85)48(38-78)103-67)74-64(94)44(22-7-13-28-69-50(80)24-9-15-32-98-66-60(90)57(87)54(84)47(37-77)102-66)73-53(83)27-18-31-71-52(82)26-11-17-34-100-68-62(92)59(89)56(86)49(39-79)104-68/h3-5,19-20,41,43-49,54-62,66-68,76-79,84-92H,6-18,21-40H2,1-2H3,(H,69,80)(H,70,81)(H,71,82)(H,72,93)(H,73,83)(H,74,94)(H,75,95)(H,96,97)/t43?,44-,45-,46-,47?,48?,49?,54+,55+,56+,57?,58?,59?,60?,61?,62?,66-,67-,68-/m0/s1. The van der Waals surface area contributed by atoms with Crippen molar-refractivity contribution in [2.75, 3.05) is 79.0 Å². The van der Waals surface area contributed by atoms with Crippen LogP contribution in [0.1, 0.15) is 148 Å². The summed E-state index contributed by atoms with van der Waals surface area (Å²) in [5.41, 5.74) is 0.0420. The Morgan fingerprint density at radius 3 is 1.20 bits per heavy atom. The van der Waals surface area contributed by atoms with Crippen molar-refractivity contribution in [2.24, 2.45) is 5.92 Å². The number of rotatable bonds is 53. The molecule has 37 heteroatoms. The van der Waals surface area contributed by atoms with Gasteiger partial charge in [-0.15, -0.1) is 0 Å². The van der Waals surface area contributed by atoms with E-state index in [0.29, 0.717) is 76.2 Å². The van der Waals surface area contributed by atoms with Gasteiger partial charge in [0.1, 0.15) is 91.4 Å². The van der Waals surface area contributed by atoms with Gasteiger partial charge in [0.2, 0.25) is 41.4 Å². The first-order chi connectivity index (χ1) is 50.2. The van der Waals surface area contributed by atoms with Crippen LogP contribution in [0.5, 0.6) is 0 Å². The Kier molecular flexibility index (Phi) is 44.5. The molecule has 4 rings (SSSR count). The lowest BCUT2D eigenvalue weighted by Gasteiger charge is -2.39. The Hall–Kier alpha value is -5.10. The molecule has 3 fully saturated rings. The highest BCUT2D eigenvalue weighted by Gasteiger charge is 2.46. The van der Waals surface area contributed by atoms with Crippen molar-refractivity contribution in [3.8, 4) is 0 Å². The van der Waals surface area contributed by atoms with Gasteiger partial charge in [-0.2, -0.15) is 0 Å². The van der Waals surface area contributed by atoms with Crippen molar-refractivity contribution in [1.82, 2.24) is 37.2 Å². The number of carbonyl (C=O) groups excluding carboxylic acids is 7. The van der Waals surface area contributed by atoms with E-state index in [1.54, 1.807) is 44.2 Å². The molecule has 0 radical (unpaired) electrons. The molecule has 604 valence electrons. The van der Waals surface area contributed by atoms with Gasteiger partial charge in [0, 0.05) is 90.6 Å². The van der Waals surface area contributed by atoms with Crippen LogP contribution in [0.25, 0.3) is 0 Å². The maximum Gasteiger partial charge on any atom is 0.330 e. The van der Waals surface area contributed by atoms with Gasteiger partial charge in [0.25, 0.3) is 0 Å². The summed E-state index contributed by atoms with van der Waals surface area (Å²) in [5, 5.41) is 149. The van der Waals surface area contributed by atoms with Crippen LogP contribution in [-0.4, -0.2) is 308 Å². The number of nitrogens with one attached hydrogen (secondary N) is 7. The van der Waals surface area contributed by atoms with Gasteiger partial charge in [-0.05, 0) is 102 Å². The molecule has 11 unspecified atom stereocenters. The third kappa shape index (κ3) is 33.7. The lowest BCUT2D eigenvalue weighted by molar-refractivity contribution is -0.301. The highest BCUT2D eigenvalue weighted by Crippen LogP contribution is 2.47. The van der Waals surface area contributed by atoms with Crippen LogP contribution in [0.2, 0.25) is 0 Å². The van der Waals surface area contributed by atoms with Crippen molar-refractivity contribution in [3.05, 3.63) is 35.9 Å². The molecule has 3 aliphatic rings. The van der Waals surface area contributed by atoms with Crippen molar-refractivity contribution in [2.45, 2.75) is 265 Å². The molecule has 21 N–H and O–H groups in total. The van der Waals surface area contributed by atoms with E-state index in [9.17, 15) is 109 Å². The molecule has 0 spiro atoms. The van der Waals surface area contributed by atoms with Crippen LogP contribution in [-0.2, 0) is 77.5 Å². The fourth-order valence-corrected chi connectivity index (χ4v) is 12.1. The second-order valence-corrected chi connectivity index (χ2v) is 29.4. The molecule has 7 amide bonds. The monoisotopic (exact) mass is 1530 g/mol. The van der Waals surface area contributed by atoms with Gasteiger partial charge in [-0.25, -0.2) is 0 Å². The Morgan fingerprint density at radius 1 is 0.429 bits per heavy atom. The first kappa shape index (κ1) is 92.3. The molecule has 1 aromatic carbocycles. The minimum atomic E-state index is -3.88. The predicted molar refractivity (Wildman–Crippen MR) is 371 cm³/mol. The van der Waals surface area contributed by atoms with E-state index in [2.05, 4.69) is 37.2 Å². The van der Waals surface area contributed by atoms with Crippen LogP contribution in [0.4, 0.5) is 0 Å². The molecule has 3 aliphatic heterocycles. The van der Waals surface area contributed by atoms with Crippen LogP contribution < -0.4 is 37.2 Å². The smallest absolute Gasteiger partial charge is 0.330 e. The second-order valence-electron chi connectivity index (χ2n) is 26.9. The maximum atomic E-state index is 14.7. The molecule has 1 aromatic rings. The predicted octanol–water partition coefficient (Wildman–Crippen LogP) is -4.38. The normalized spacial score (nSPS) is 26.5. The first-order valence-corrected chi connectivity index (χ1v) is 38.2. The van der Waals surface area contributed by atoms with Crippen LogP contribution in [0, 0.1) is 5.92 Å². The van der Waals surface area contributed by atoms with Gasteiger partial charge >= 0.3 is 7.60 Å². The summed E-state index contributed by atoms with van der Waals surface area (Å²) in [6, 6.07) is 5.03. The Bertz CT molecular complexity index is 2720. The lowest BCUT2D eigenvalue weighted by Crippen LogP contribution is -2.59. The average Bonchev–Trinajstić information content (AvgIpc) is 0.831. The maximum absolute atomic E-state index is 14.7. The molecular formula is C68H118N7O29P. The number of unbranched alkanes of at least 4 members (excludes halogenated alkanes) is 6. The van der Waals surface area contributed by atoms with E-state index in [1.807, 2.05) is 0 Å². The number of hydrogen-bond acceptors (Lipinski definition) is 28. The fourth-order valence-electron chi connectivity index (χ4n) is 11.4. The molecule has 105 heavy (non-hydrogen) atoms. The molecule has 0 bridgehead atoms. The zero-order chi connectivity index (χ0) is 77.4. The molecule has 3 heterocycles. The topological polar surface area (TPSA) is 569 Å². The molecule has 20 atom stereocenters. The summed E-state index contributed by atoms with van der Waals surface area (Å²) in [6.45, 7) is 1.29. The Balaban J connectivity index is 1.43. The van der Waals surface area contributed by atoms with E-state index >= 15 is 0 Å². The summed E-state index contributed by atoms with van der Waals surface area (Å²) >= 11 is 0. The summed E-state index contributed by atoms with van der Waals surface area (Å²) in [7, 11) is -3.88. The number of aliphatic hydroxyl groups is 13. The zero-order valence-electron chi connectivity index (χ0n) is 60.1. The second kappa shape index (κ2) is 50.6. The first-order valence-electron chi connectivity index (χ1n) is 36.5. The Labute approximate surface area is 611 Å². The quantitative estimate of drug-likeness (QED) is 0.0216. The molecule has 36 nitrogen and oxygen atoms in total. The third-order valence-corrected chi connectivity index (χ3v) is 19.9. The van der Waals surface area contributed by atoms with E-state index in [1.165, 1.54) is 0 Å². The average molecular weight is 1530 g/mol. The van der Waals surface area contributed by atoms with Gasteiger partial charge in [0.05, 0.1) is 32.1 Å². The minimum absolute atomic E-state index is 0.00507. The van der Waals surface area contributed by atoms with Crippen molar-refractivity contribution in [1.29, 1.82) is 0 Å². The van der Waals surface area contributed by atoms with E-state index in [-0.39, 0.29) is 141 Å². The molecule has 0 aliphatic carbocycles. The van der Waals surface area contributed by atoms with Gasteiger partial charge in [-0.1, -0.05) is 50.6 Å². The fraction of sp³-hybridized carbons (Fsp3) is 0.809. The summed E-state index contributed by atoms with van der Waals surface area (Å²) in [4.78, 5) is 106. The van der Waals surface area contributed by atoms with Gasteiger partial charge < -0.3 is 141 Å². The summed E-state index contributed by atoms with van der Waals surface area (Å²) < 4.78 is 50.2. The van der Waals surface area contributed by atoms with E-state index in [4.69, 9.17) is 32.9 Å². The molecule has 3 saturated heterocycles. The molecular weight excluding hydrogens is 1410 g/mol. The van der Waals surface area contributed by atoms with Crippen LogP contribution in [0.15, 0.2) is 30.3 Å². The minimum Gasteiger partial charge on any atom is -0.396 e. The largest absolute Gasteiger partial charge is 0.396 e. The van der Waals surface area contributed by atoms with Gasteiger partial charge in [0.15, 0.2) is 18.9 Å². The lowest BCUT2D eigenvalue weighted by atomic mass is 9.99. The van der Waals surface area contributed by atoms with Crippen molar-refractivity contribution < 1.29 is 142 Å². The zero-order valence-corrected chi connectivity index (χ0v) is 61.0. The van der Waals surface area contributed by atoms with Gasteiger partial charge in [-0.3, -0.25) is 38.1 Å². The van der Waals surface area contributed by atoms with Crippen LogP contribution >= 0.6 is 7.60 Å². The Morgan fingerprint density at radius 2 is 0.800 bits per heavy atom. The third-order valence-electron chi connectivity index (χ3n) is 18.1. The number of carbonyl (C=O) groups is 7. The highest BCUT2D eigenvalue weighted by atomic mass is 31.2. The molecule has 0 saturated carbocycles.